The first-order valence-corrected chi connectivity index (χ1v) is 11.7. The third-order valence-corrected chi connectivity index (χ3v) is 6.45. The van der Waals surface area contributed by atoms with E-state index >= 15 is 0 Å². The first kappa shape index (κ1) is 26.3. The Bertz CT molecular complexity index is 1440. The summed E-state index contributed by atoms with van der Waals surface area (Å²) in [5.41, 5.74) is 3.33. The van der Waals surface area contributed by atoms with Crippen LogP contribution < -0.4 is 10.1 Å². The highest BCUT2D eigenvalue weighted by Gasteiger charge is 2.30. The van der Waals surface area contributed by atoms with Gasteiger partial charge < -0.3 is 10.1 Å². The fourth-order valence-corrected chi connectivity index (χ4v) is 4.02. The molecule has 194 valence electrons. The van der Waals surface area contributed by atoms with Gasteiger partial charge in [-0.3, -0.25) is 9.48 Å². The third kappa shape index (κ3) is 5.96. The zero-order chi connectivity index (χ0) is 26.9. The number of aromatic nitrogens is 4. The van der Waals surface area contributed by atoms with Gasteiger partial charge in [-0.05, 0) is 74.7 Å². The Hall–Kier alpha value is -3.79. The van der Waals surface area contributed by atoms with E-state index in [-0.39, 0.29) is 19.0 Å². The Morgan fingerprint density at radius 2 is 1.76 bits per heavy atom. The summed E-state index contributed by atoms with van der Waals surface area (Å²) in [7, 11) is 0. The Labute approximate surface area is 216 Å². The molecule has 0 aliphatic carbocycles. The van der Waals surface area contributed by atoms with Crippen molar-refractivity contribution in [2.45, 2.75) is 47.1 Å². The predicted molar refractivity (Wildman–Crippen MR) is 134 cm³/mol. The monoisotopic (exact) mass is 531 g/mol. The maximum Gasteiger partial charge on any atom is 0.416 e. The van der Waals surface area contributed by atoms with Crippen molar-refractivity contribution >= 4 is 23.2 Å². The van der Waals surface area contributed by atoms with E-state index in [1.54, 1.807) is 36.9 Å². The lowest BCUT2D eigenvalue weighted by molar-refractivity contribution is -0.137. The van der Waals surface area contributed by atoms with Crippen molar-refractivity contribution in [2.24, 2.45) is 0 Å². The molecule has 0 fully saturated rings. The molecule has 0 bridgehead atoms. The number of amides is 1. The van der Waals surface area contributed by atoms with Gasteiger partial charge in [0.2, 0.25) is 0 Å². The van der Waals surface area contributed by atoms with Crippen LogP contribution in [-0.2, 0) is 19.5 Å². The molecule has 7 nitrogen and oxygen atoms in total. The number of hydrogen-bond donors (Lipinski definition) is 1. The molecule has 1 N–H and O–H groups in total. The average Bonchev–Trinajstić information content (AvgIpc) is 3.41. The van der Waals surface area contributed by atoms with Crippen molar-refractivity contribution in [1.29, 1.82) is 0 Å². The number of hydrogen-bond acceptors (Lipinski definition) is 4. The molecule has 0 saturated carbocycles. The van der Waals surface area contributed by atoms with Crippen molar-refractivity contribution in [1.82, 2.24) is 19.6 Å². The van der Waals surface area contributed by atoms with Crippen LogP contribution in [-0.4, -0.2) is 25.5 Å². The number of rotatable bonds is 7. The largest absolute Gasteiger partial charge is 0.471 e. The molecule has 2 heterocycles. The van der Waals surface area contributed by atoms with Crippen molar-refractivity contribution in [2.75, 3.05) is 5.32 Å². The minimum absolute atomic E-state index is 0.0980. The highest BCUT2D eigenvalue weighted by Crippen LogP contribution is 2.30. The van der Waals surface area contributed by atoms with Crippen molar-refractivity contribution in [3.8, 4) is 5.75 Å². The van der Waals surface area contributed by atoms with Gasteiger partial charge in [-0.15, -0.1) is 0 Å². The number of nitrogens with zero attached hydrogens (tertiary/aromatic N) is 4. The first-order valence-electron chi connectivity index (χ1n) is 11.4. The molecule has 0 spiro atoms. The highest BCUT2D eigenvalue weighted by molar-refractivity contribution is 6.32. The number of halogens is 4. The summed E-state index contributed by atoms with van der Waals surface area (Å²) in [6.45, 7) is 7.47. The highest BCUT2D eigenvalue weighted by atomic mass is 35.5. The molecule has 11 heteroatoms. The SMILES string of the molecule is Cc1cc(OCn2ccc(C(=O)Nc3c(C)nn(Cc4cccc(C(F)(F)F)c4)c3C)n2)cc(C)c1Cl. The van der Waals surface area contributed by atoms with Crippen LogP contribution in [0.4, 0.5) is 18.9 Å². The average molecular weight is 532 g/mol. The number of carbonyl (C=O) groups excluding carboxylic acids is 1. The smallest absolute Gasteiger partial charge is 0.416 e. The molecule has 4 aromatic rings. The van der Waals surface area contributed by atoms with Gasteiger partial charge >= 0.3 is 6.18 Å². The molecule has 0 aliphatic heterocycles. The number of carbonyl (C=O) groups is 1. The zero-order valence-corrected chi connectivity index (χ0v) is 21.4. The van der Waals surface area contributed by atoms with E-state index in [4.69, 9.17) is 16.3 Å². The standard InChI is InChI=1S/C26H25ClF3N5O2/c1-15-10-21(11-16(2)23(15)27)37-14-34-9-8-22(33-34)25(36)31-24-17(3)32-35(18(24)4)13-19-6-5-7-20(12-19)26(28,29)30/h5-12H,13-14H2,1-4H3,(H,31,36). The van der Waals surface area contributed by atoms with Crippen LogP contribution in [0.3, 0.4) is 0 Å². The number of benzene rings is 2. The van der Waals surface area contributed by atoms with Crippen LogP contribution >= 0.6 is 11.6 Å². The number of anilines is 1. The van der Waals surface area contributed by atoms with Crippen LogP contribution in [0.5, 0.6) is 5.75 Å². The van der Waals surface area contributed by atoms with E-state index in [1.807, 2.05) is 26.0 Å². The van der Waals surface area contributed by atoms with Crippen LogP contribution in [0.15, 0.2) is 48.7 Å². The lowest BCUT2D eigenvalue weighted by Gasteiger charge is -2.10. The summed E-state index contributed by atoms with van der Waals surface area (Å²) < 4.78 is 48.0. The summed E-state index contributed by atoms with van der Waals surface area (Å²) in [6.07, 6.45) is -2.80. The fraction of sp³-hybridized carbons (Fsp3) is 0.269. The molecule has 0 aliphatic rings. The molecule has 4 rings (SSSR count). The quantitative estimate of drug-likeness (QED) is 0.303. The van der Waals surface area contributed by atoms with Crippen LogP contribution in [0.2, 0.25) is 5.02 Å². The Morgan fingerprint density at radius 3 is 2.43 bits per heavy atom. The molecule has 0 radical (unpaired) electrons. The van der Waals surface area contributed by atoms with Gasteiger partial charge in [0.1, 0.15) is 5.75 Å². The molecule has 0 saturated heterocycles. The maximum absolute atomic E-state index is 13.1. The van der Waals surface area contributed by atoms with Gasteiger partial charge in [0.25, 0.3) is 5.91 Å². The number of ether oxygens (including phenoxy) is 1. The van der Waals surface area contributed by atoms with E-state index in [2.05, 4.69) is 15.5 Å². The molecule has 2 aromatic carbocycles. The van der Waals surface area contributed by atoms with Crippen molar-refractivity contribution < 1.29 is 22.7 Å². The molecular formula is C26H25ClF3N5O2. The predicted octanol–water partition coefficient (Wildman–Crippen LogP) is 6.32. The van der Waals surface area contributed by atoms with Crippen molar-refractivity contribution in [3.05, 3.63) is 93.0 Å². The number of aryl methyl sites for hydroxylation is 3. The van der Waals surface area contributed by atoms with Crippen LogP contribution in [0.1, 0.15) is 44.1 Å². The summed E-state index contributed by atoms with van der Waals surface area (Å²) in [5, 5.41) is 12.2. The minimum atomic E-state index is -4.43. The lowest BCUT2D eigenvalue weighted by Crippen LogP contribution is -2.15. The summed E-state index contributed by atoms with van der Waals surface area (Å²) in [4.78, 5) is 12.9. The molecular weight excluding hydrogens is 507 g/mol. The third-order valence-electron chi connectivity index (χ3n) is 5.85. The molecule has 1 amide bonds. The summed E-state index contributed by atoms with van der Waals surface area (Å²) in [5.74, 6) is 0.196. The Balaban J connectivity index is 1.43. The second-order valence-corrected chi connectivity index (χ2v) is 9.12. The van der Waals surface area contributed by atoms with Gasteiger partial charge in [-0.2, -0.15) is 23.4 Å². The summed E-state index contributed by atoms with van der Waals surface area (Å²) >= 11 is 6.19. The van der Waals surface area contributed by atoms with Gasteiger partial charge in [-0.25, -0.2) is 4.68 Å². The molecule has 2 aromatic heterocycles. The van der Waals surface area contributed by atoms with Crippen LogP contribution in [0.25, 0.3) is 0 Å². The van der Waals surface area contributed by atoms with Gasteiger partial charge in [0.05, 0.1) is 29.2 Å². The van der Waals surface area contributed by atoms with E-state index in [9.17, 15) is 18.0 Å². The van der Waals surface area contributed by atoms with E-state index < -0.39 is 17.6 Å². The zero-order valence-electron chi connectivity index (χ0n) is 20.7. The van der Waals surface area contributed by atoms with E-state index in [0.717, 1.165) is 23.3 Å². The Kier molecular flexibility index (Phi) is 7.31. The summed E-state index contributed by atoms with van der Waals surface area (Å²) in [6, 6.07) is 10.3. The van der Waals surface area contributed by atoms with Crippen LogP contribution in [0, 0.1) is 27.7 Å². The lowest BCUT2D eigenvalue weighted by atomic mass is 10.1. The normalized spacial score (nSPS) is 11.6. The number of nitrogens with one attached hydrogen (secondary N) is 1. The molecule has 0 atom stereocenters. The van der Waals surface area contributed by atoms with Gasteiger partial charge in [0.15, 0.2) is 12.4 Å². The van der Waals surface area contributed by atoms with Gasteiger partial charge in [0, 0.05) is 11.2 Å². The Morgan fingerprint density at radius 1 is 1.05 bits per heavy atom. The van der Waals surface area contributed by atoms with Gasteiger partial charge in [-0.1, -0.05) is 23.7 Å². The second-order valence-electron chi connectivity index (χ2n) is 8.74. The fourth-order valence-electron chi connectivity index (χ4n) is 3.91. The van der Waals surface area contributed by atoms with E-state index in [0.29, 0.717) is 33.4 Å². The first-order chi connectivity index (χ1) is 17.4. The minimum Gasteiger partial charge on any atom is -0.471 e. The molecule has 37 heavy (non-hydrogen) atoms. The number of alkyl halides is 3. The topological polar surface area (TPSA) is 74.0 Å². The second kappa shape index (κ2) is 10.3. The molecule has 0 unspecified atom stereocenters. The maximum atomic E-state index is 13.1. The van der Waals surface area contributed by atoms with E-state index in [1.165, 1.54) is 10.7 Å². The van der Waals surface area contributed by atoms with Crippen molar-refractivity contribution in [3.63, 3.8) is 0 Å².